The molecule has 1 fully saturated rings. The number of amides is 2. The quantitative estimate of drug-likeness (QED) is 0.606. The fraction of sp³-hybridized carbons (Fsp3) is 0.423. The van der Waals surface area contributed by atoms with Crippen LogP contribution in [0, 0.1) is 11.3 Å². The topological polar surface area (TPSA) is 79.7 Å². The number of para-hydroxylation sites is 2. The molecule has 1 atom stereocenters. The Hall–Kier alpha value is -3.37. The van der Waals surface area contributed by atoms with Crippen LogP contribution in [0.1, 0.15) is 26.2 Å². The van der Waals surface area contributed by atoms with E-state index in [1.807, 2.05) is 36.4 Å². The predicted octanol–water partition coefficient (Wildman–Crippen LogP) is 3.04. The van der Waals surface area contributed by atoms with E-state index < -0.39 is 0 Å². The molecule has 1 unspecified atom stereocenters. The Labute approximate surface area is 196 Å². The summed E-state index contributed by atoms with van der Waals surface area (Å²) in [5.41, 5.74) is 2.00. The molecule has 33 heavy (non-hydrogen) atoms. The van der Waals surface area contributed by atoms with Gasteiger partial charge in [0.25, 0.3) is 0 Å². The first-order valence-electron chi connectivity index (χ1n) is 11.6. The Balaban J connectivity index is 1.39. The zero-order valence-corrected chi connectivity index (χ0v) is 19.3. The molecule has 0 bridgehead atoms. The molecule has 3 rings (SSSR count). The summed E-state index contributed by atoms with van der Waals surface area (Å²) < 4.78 is 0. The SMILES string of the molecule is CC(CNC(=O)CCC(=O)N(CCC#N)c1ccccc1)N1CCN(c2ccccc2)CC1. The number of benzene rings is 2. The molecule has 0 aromatic heterocycles. The van der Waals surface area contributed by atoms with Crippen LogP contribution in [0.4, 0.5) is 11.4 Å². The van der Waals surface area contributed by atoms with Crippen molar-refractivity contribution >= 4 is 23.2 Å². The fourth-order valence-electron chi connectivity index (χ4n) is 4.06. The summed E-state index contributed by atoms with van der Waals surface area (Å²) in [4.78, 5) is 31.5. The average molecular weight is 448 g/mol. The third-order valence-corrected chi connectivity index (χ3v) is 6.04. The number of carbonyl (C=O) groups is 2. The van der Waals surface area contributed by atoms with E-state index in [-0.39, 0.29) is 37.1 Å². The van der Waals surface area contributed by atoms with Gasteiger partial charge >= 0.3 is 0 Å². The minimum atomic E-state index is -0.142. The highest BCUT2D eigenvalue weighted by molar-refractivity contribution is 5.95. The molecule has 0 radical (unpaired) electrons. The Morgan fingerprint density at radius 1 is 1.00 bits per heavy atom. The first kappa shape index (κ1) is 24.3. The molecule has 0 saturated carbocycles. The van der Waals surface area contributed by atoms with Crippen LogP contribution in [0.3, 0.4) is 0 Å². The molecule has 7 nitrogen and oxygen atoms in total. The normalized spacial score (nSPS) is 14.8. The van der Waals surface area contributed by atoms with Crippen LogP contribution in [0.25, 0.3) is 0 Å². The standard InChI is InChI=1S/C26H33N5O2/c1-22(29-17-19-30(20-18-29)23-9-4-2-5-10-23)21-28-25(32)13-14-26(33)31(16-8-15-27)24-11-6-3-7-12-24/h2-7,9-12,22H,8,13-14,16-21H2,1H3,(H,28,32). The van der Waals surface area contributed by atoms with Gasteiger partial charge in [0.2, 0.25) is 11.8 Å². The molecule has 2 aromatic carbocycles. The number of hydrogen-bond donors (Lipinski definition) is 1. The molecule has 0 spiro atoms. The van der Waals surface area contributed by atoms with Crippen LogP contribution in [0.2, 0.25) is 0 Å². The Bertz CT molecular complexity index is 921. The Morgan fingerprint density at radius 2 is 1.64 bits per heavy atom. The zero-order chi connectivity index (χ0) is 23.5. The van der Waals surface area contributed by atoms with Gasteiger partial charge in [0.05, 0.1) is 12.5 Å². The second-order valence-electron chi connectivity index (χ2n) is 8.30. The van der Waals surface area contributed by atoms with Crippen molar-refractivity contribution in [3.8, 4) is 6.07 Å². The van der Waals surface area contributed by atoms with Gasteiger partial charge in [-0.2, -0.15) is 5.26 Å². The summed E-state index contributed by atoms with van der Waals surface area (Å²) in [6.45, 7) is 6.86. The van der Waals surface area contributed by atoms with Crippen molar-refractivity contribution in [2.75, 3.05) is 49.1 Å². The lowest BCUT2D eigenvalue weighted by atomic mass is 10.2. The molecule has 1 N–H and O–H groups in total. The van der Waals surface area contributed by atoms with Gasteiger partial charge in [-0.3, -0.25) is 14.5 Å². The fourth-order valence-corrected chi connectivity index (χ4v) is 4.06. The van der Waals surface area contributed by atoms with E-state index >= 15 is 0 Å². The lowest BCUT2D eigenvalue weighted by molar-refractivity contribution is -0.125. The monoisotopic (exact) mass is 447 g/mol. The highest BCUT2D eigenvalue weighted by atomic mass is 16.2. The largest absolute Gasteiger partial charge is 0.369 e. The van der Waals surface area contributed by atoms with Gasteiger partial charge in [-0.05, 0) is 31.2 Å². The maximum Gasteiger partial charge on any atom is 0.227 e. The molecule has 0 aliphatic carbocycles. The van der Waals surface area contributed by atoms with E-state index in [0.29, 0.717) is 13.1 Å². The summed E-state index contributed by atoms with van der Waals surface area (Å²) in [7, 11) is 0. The van der Waals surface area contributed by atoms with Crippen molar-refractivity contribution in [3.63, 3.8) is 0 Å². The van der Waals surface area contributed by atoms with Crippen LogP contribution in [-0.2, 0) is 9.59 Å². The van der Waals surface area contributed by atoms with Crippen LogP contribution < -0.4 is 15.1 Å². The van der Waals surface area contributed by atoms with E-state index in [4.69, 9.17) is 5.26 Å². The summed E-state index contributed by atoms with van der Waals surface area (Å²) >= 11 is 0. The molecule has 174 valence electrons. The van der Waals surface area contributed by atoms with Crippen LogP contribution in [0.5, 0.6) is 0 Å². The van der Waals surface area contributed by atoms with Crippen molar-refractivity contribution in [1.82, 2.24) is 10.2 Å². The molecule has 7 heteroatoms. The zero-order valence-electron chi connectivity index (χ0n) is 19.3. The number of piperazine rings is 1. The van der Waals surface area contributed by atoms with Gasteiger partial charge < -0.3 is 15.1 Å². The molecule has 1 saturated heterocycles. The van der Waals surface area contributed by atoms with Crippen molar-refractivity contribution in [2.45, 2.75) is 32.2 Å². The summed E-state index contributed by atoms with van der Waals surface area (Å²) in [5, 5.41) is 11.9. The van der Waals surface area contributed by atoms with E-state index in [1.165, 1.54) is 5.69 Å². The Morgan fingerprint density at radius 3 is 2.27 bits per heavy atom. The van der Waals surface area contributed by atoms with E-state index in [9.17, 15) is 9.59 Å². The first-order chi connectivity index (χ1) is 16.1. The number of anilines is 2. The molecular formula is C26H33N5O2. The second kappa shape index (κ2) is 12.6. The highest BCUT2D eigenvalue weighted by Gasteiger charge is 2.22. The minimum Gasteiger partial charge on any atom is -0.369 e. The van der Waals surface area contributed by atoms with E-state index in [0.717, 1.165) is 31.9 Å². The maximum absolute atomic E-state index is 12.7. The highest BCUT2D eigenvalue weighted by Crippen LogP contribution is 2.17. The lowest BCUT2D eigenvalue weighted by Crippen LogP contribution is -2.52. The molecule has 2 amide bonds. The van der Waals surface area contributed by atoms with Crippen LogP contribution in [-0.4, -0.2) is 62.0 Å². The van der Waals surface area contributed by atoms with Gasteiger partial charge in [0.15, 0.2) is 0 Å². The summed E-state index contributed by atoms with van der Waals surface area (Å²) in [6.07, 6.45) is 0.515. The van der Waals surface area contributed by atoms with E-state index in [2.05, 4.69) is 52.4 Å². The van der Waals surface area contributed by atoms with E-state index in [1.54, 1.807) is 4.90 Å². The summed E-state index contributed by atoms with van der Waals surface area (Å²) in [6, 6.07) is 22.0. The van der Waals surface area contributed by atoms with Crippen molar-refractivity contribution in [1.29, 1.82) is 5.26 Å². The lowest BCUT2D eigenvalue weighted by Gasteiger charge is -2.39. The smallest absolute Gasteiger partial charge is 0.227 e. The molecule has 1 aliphatic rings. The van der Waals surface area contributed by atoms with Gasteiger partial charge in [0.1, 0.15) is 0 Å². The molecule has 1 aliphatic heterocycles. The molecule has 1 heterocycles. The number of rotatable bonds is 10. The summed E-state index contributed by atoms with van der Waals surface area (Å²) in [5.74, 6) is -0.261. The van der Waals surface area contributed by atoms with Gasteiger partial charge in [-0.15, -0.1) is 0 Å². The van der Waals surface area contributed by atoms with Gasteiger partial charge in [0, 0.05) is 69.5 Å². The van der Waals surface area contributed by atoms with Crippen molar-refractivity contribution in [3.05, 3.63) is 60.7 Å². The molecular weight excluding hydrogens is 414 g/mol. The predicted molar refractivity (Wildman–Crippen MR) is 131 cm³/mol. The van der Waals surface area contributed by atoms with Crippen molar-refractivity contribution < 1.29 is 9.59 Å². The maximum atomic E-state index is 12.7. The van der Waals surface area contributed by atoms with Gasteiger partial charge in [-0.1, -0.05) is 36.4 Å². The number of nitrogens with one attached hydrogen (secondary N) is 1. The third-order valence-electron chi connectivity index (χ3n) is 6.04. The van der Waals surface area contributed by atoms with Gasteiger partial charge in [-0.25, -0.2) is 0 Å². The first-order valence-corrected chi connectivity index (χ1v) is 11.6. The minimum absolute atomic E-state index is 0.119. The van der Waals surface area contributed by atoms with Crippen LogP contribution >= 0.6 is 0 Å². The third kappa shape index (κ3) is 7.33. The number of nitriles is 1. The number of hydrogen-bond acceptors (Lipinski definition) is 5. The average Bonchev–Trinajstić information content (AvgIpc) is 2.87. The van der Waals surface area contributed by atoms with Crippen molar-refractivity contribution in [2.24, 2.45) is 0 Å². The number of carbonyl (C=O) groups excluding carboxylic acids is 2. The Kier molecular flexibility index (Phi) is 9.28. The molecule has 2 aromatic rings. The number of nitrogens with zero attached hydrogens (tertiary/aromatic N) is 4. The second-order valence-corrected chi connectivity index (χ2v) is 8.30. The van der Waals surface area contributed by atoms with Crippen LogP contribution in [0.15, 0.2) is 60.7 Å².